The Morgan fingerprint density at radius 2 is 2.15 bits per heavy atom. The third kappa shape index (κ3) is 4.90. The molecule has 0 radical (unpaired) electrons. The van der Waals surface area contributed by atoms with Gasteiger partial charge in [-0.05, 0) is 18.2 Å². The van der Waals surface area contributed by atoms with Crippen molar-refractivity contribution in [2.75, 3.05) is 45.0 Å². The van der Waals surface area contributed by atoms with Gasteiger partial charge in [0.05, 0.1) is 28.9 Å². The lowest BCUT2D eigenvalue weighted by atomic mass is 10.2. The Kier molecular flexibility index (Phi) is 6.54. The zero-order valence-electron chi connectivity index (χ0n) is 14.8. The highest BCUT2D eigenvalue weighted by atomic mass is 35.5. The molecule has 0 bridgehead atoms. The van der Waals surface area contributed by atoms with E-state index in [0.29, 0.717) is 42.0 Å². The first kappa shape index (κ1) is 19.9. The topological polar surface area (TPSA) is 83.5 Å². The van der Waals surface area contributed by atoms with Gasteiger partial charge in [-0.25, -0.2) is 0 Å². The summed E-state index contributed by atoms with van der Waals surface area (Å²) in [6, 6.07) is 5.24. The van der Waals surface area contributed by atoms with Crippen LogP contribution in [0.2, 0.25) is 10.0 Å². The molecule has 0 unspecified atom stereocenters. The van der Waals surface area contributed by atoms with Crippen LogP contribution in [-0.4, -0.2) is 68.6 Å². The van der Waals surface area contributed by atoms with E-state index in [9.17, 15) is 9.59 Å². The van der Waals surface area contributed by atoms with Crippen molar-refractivity contribution in [1.29, 1.82) is 0 Å². The molecule has 1 fully saturated rings. The van der Waals surface area contributed by atoms with Crippen LogP contribution in [0, 0.1) is 0 Å². The van der Waals surface area contributed by atoms with Gasteiger partial charge in [-0.3, -0.25) is 14.6 Å². The zero-order chi connectivity index (χ0) is 19.4. The number of nitrogens with zero attached hydrogens (tertiary/aromatic N) is 3. The average Bonchev–Trinajstić information content (AvgIpc) is 3.12. The van der Waals surface area contributed by atoms with Gasteiger partial charge in [0, 0.05) is 26.6 Å². The van der Waals surface area contributed by atoms with Crippen molar-refractivity contribution >= 4 is 46.5 Å². The Balaban J connectivity index is 1.59. The van der Waals surface area contributed by atoms with Crippen molar-refractivity contribution in [3.8, 4) is 0 Å². The molecular weight excluding hydrogens is 395 g/mol. The molecule has 0 aliphatic carbocycles. The number of anilines is 1. The molecule has 0 spiro atoms. The molecule has 1 atom stereocenters. The van der Waals surface area contributed by atoms with Crippen LogP contribution in [0.5, 0.6) is 0 Å². The van der Waals surface area contributed by atoms with Crippen molar-refractivity contribution in [2.24, 2.45) is 5.10 Å². The Labute approximate surface area is 167 Å². The first-order chi connectivity index (χ1) is 13.0. The molecule has 1 saturated heterocycles. The zero-order valence-corrected chi connectivity index (χ0v) is 16.3. The van der Waals surface area contributed by atoms with E-state index in [-0.39, 0.29) is 25.0 Å². The number of carbonyl (C=O) groups is 2. The van der Waals surface area contributed by atoms with Gasteiger partial charge in [0.1, 0.15) is 12.4 Å². The van der Waals surface area contributed by atoms with Crippen molar-refractivity contribution in [3.63, 3.8) is 0 Å². The smallest absolute Gasteiger partial charge is 0.256 e. The molecular formula is C17H20Cl2N4O4. The van der Waals surface area contributed by atoms with Gasteiger partial charge in [-0.2, -0.15) is 5.10 Å². The number of carbonyl (C=O) groups excluding carboxylic acids is 2. The van der Waals surface area contributed by atoms with E-state index in [1.165, 1.54) is 7.11 Å². The number of rotatable bonds is 4. The fourth-order valence-corrected chi connectivity index (χ4v) is 3.14. The number of hydrogen-bond donors (Lipinski definition) is 1. The number of ether oxygens (including phenoxy) is 2. The summed E-state index contributed by atoms with van der Waals surface area (Å²) in [4.78, 5) is 26.0. The number of amidine groups is 1. The Morgan fingerprint density at radius 1 is 1.33 bits per heavy atom. The molecule has 2 amide bonds. The minimum absolute atomic E-state index is 0.0142. The van der Waals surface area contributed by atoms with Gasteiger partial charge in [-0.15, -0.1) is 0 Å². The molecule has 2 aliphatic rings. The second-order valence-electron chi connectivity index (χ2n) is 6.14. The van der Waals surface area contributed by atoms with Crippen LogP contribution in [-0.2, 0) is 19.1 Å². The first-order valence-corrected chi connectivity index (χ1v) is 9.23. The first-order valence-electron chi connectivity index (χ1n) is 8.47. The van der Waals surface area contributed by atoms with Crippen LogP contribution < -0.4 is 10.3 Å². The van der Waals surface area contributed by atoms with E-state index in [2.05, 4.69) is 10.4 Å². The summed E-state index contributed by atoms with van der Waals surface area (Å²) in [6.07, 6.45) is -0.160. The summed E-state index contributed by atoms with van der Waals surface area (Å²) in [5, 5.41) is 9.85. The molecule has 0 saturated carbocycles. The highest BCUT2D eigenvalue weighted by Crippen LogP contribution is 2.28. The molecule has 8 nitrogen and oxygen atoms in total. The number of morpholine rings is 1. The highest BCUT2D eigenvalue weighted by molar-refractivity contribution is 6.42. The van der Waals surface area contributed by atoms with Gasteiger partial charge in [0.15, 0.2) is 6.10 Å². The summed E-state index contributed by atoms with van der Waals surface area (Å²) in [7, 11) is 1.46. The normalized spacial score (nSPS) is 19.8. The van der Waals surface area contributed by atoms with E-state index in [1.807, 2.05) is 6.07 Å². The maximum absolute atomic E-state index is 12.5. The fourth-order valence-electron chi connectivity index (χ4n) is 2.85. The highest BCUT2D eigenvalue weighted by Gasteiger charge is 2.30. The monoisotopic (exact) mass is 414 g/mol. The van der Waals surface area contributed by atoms with E-state index in [4.69, 9.17) is 32.7 Å². The molecule has 146 valence electrons. The molecule has 3 rings (SSSR count). The SMILES string of the molecule is COCC(=O)N1CCO[C@@H](C(=O)NC2=NN(c3ccc(Cl)c(Cl)c3)CC2)C1. The van der Waals surface area contributed by atoms with Gasteiger partial charge >= 0.3 is 0 Å². The summed E-state index contributed by atoms with van der Waals surface area (Å²) in [6.45, 7) is 1.53. The van der Waals surface area contributed by atoms with Gasteiger partial charge in [-0.1, -0.05) is 23.2 Å². The second kappa shape index (κ2) is 8.88. The van der Waals surface area contributed by atoms with Crippen LogP contribution in [0.3, 0.4) is 0 Å². The van der Waals surface area contributed by atoms with Gasteiger partial charge in [0.25, 0.3) is 5.91 Å². The van der Waals surface area contributed by atoms with Crippen molar-refractivity contribution in [2.45, 2.75) is 12.5 Å². The number of hydrogen-bond acceptors (Lipinski definition) is 6. The van der Waals surface area contributed by atoms with Gasteiger partial charge < -0.3 is 19.7 Å². The Bertz CT molecular complexity index is 758. The van der Waals surface area contributed by atoms with E-state index in [1.54, 1.807) is 22.0 Å². The van der Waals surface area contributed by atoms with Crippen LogP contribution in [0.25, 0.3) is 0 Å². The maximum Gasteiger partial charge on any atom is 0.256 e. The average molecular weight is 415 g/mol. The molecule has 2 aliphatic heterocycles. The molecule has 1 aromatic carbocycles. The minimum atomic E-state index is -0.735. The lowest BCUT2D eigenvalue weighted by Gasteiger charge is -2.32. The molecule has 10 heteroatoms. The molecule has 27 heavy (non-hydrogen) atoms. The van der Waals surface area contributed by atoms with Crippen LogP contribution in [0.4, 0.5) is 5.69 Å². The summed E-state index contributed by atoms with van der Waals surface area (Å²) >= 11 is 12.0. The molecule has 0 aromatic heterocycles. The quantitative estimate of drug-likeness (QED) is 0.806. The van der Waals surface area contributed by atoms with Crippen molar-refractivity contribution < 1.29 is 19.1 Å². The molecule has 2 heterocycles. The standard InChI is InChI=1S/C17H20Cl2N4O4/c1-26-10-16(24)22-6-7-27-14(9-22)17(25)20-15-4-5-23(21-15)11-2-3-12(18)13(19)8-11/h2-3,8,14H,4-7,9-10H2,1H3,(H,20,21,25)/t14-/m1/s1. The summed E-state index contributed by atoms with van der Waals surface area (Å²) in [5.41, 5.74) is 0.791. The number of halogens is 2. The number of benzene rings is 1. The van der Waals surface area contributed by atoms with Crippen LogP contribution in [0.15, 0.2) is 23.3 Å². The summed E-state index contributed by atoms with van der Waals surface area (Å²) < 4.78 is 10.4. The van der Waals surface area contributed by atoms with E-state index < -0.39 is 6.10 Å². The lowest BCUT2D eigenvalue weighted by molar-refractivity contribution is -0.148. The number of nitrogens with one attached hydrogen (secondary N) is 1. The third-order valence-electron chi connectivity index (χ3n) is 4.25. The van der Waals surface area contributed by atoms with Crippen molar-refractivity contribution in [3.05, 3.63) is 28.2 Å². The predicted octanol–water partition coefficient (Wildman–Crippen LogP) is 1.51. The number of methoxy groups -OCH3 is 1. The molecule has 1 N–H and O–H groups in total. The van der Waals surface area contributed by atoms with Crippen molar-refractivity contribution in [1.82, 2.24) is 10.2 Å². The molecule has 1 aromatic rings. The van der Waals surface area contributed by atoms with Crippen LogP contribution in [0.1, 0.15) is 6.42 Å². The van der Waals surface area contributed by atoms with E-state index in [0.717, 1.165) is 5.69 Å². The van der Waals surface area contributed by atoms with E-state index >= 15 is 0 Å². The fraction of sp³-hybridized carbons (Fsp3) is 0.471. The Hall–Kier alpha value is -1.87. The number of hydrazone groups is 1. The maximum atomic E-state index is 12.5. The Morgan fingerprint density at radius 3 is 2.89 bits per heavy atom. The van der Waals surface area contributed by atoms with Gasteiger partial charge in [0.2, 0.25) is 5.91 Å². The predicted molar refractivity (Wildman–Crippen MR) is 102 cm³/mol. The largest absolute Gasteiger partial charge is 0.375 e. The lowest BCUT2D eigenvalue weighted by Crippen LogP contribution is -2.53. The summed E-state index contributed by atoms with van der Waals surface area (Å²) in [5.74, 6) is 0.0530. The second-order valence-corrected chi connectivity index (χ2v) is 6.95. The minimum Gasteiger partial charge on any atom is -0.375 e. The van der Waals surface area contributed by atoms with Crippen LogP contribution >= 0.6 is 23.2 Å². The number of amides is 2. The third-order valence-corrected chi connectivity index (χ3v) is 4.99.